The molecule has 6 heteroatoms. The number of hydrogen-bond donors (Lipinski definition) is 1. The molecule has 1 N–H and O–H groups in total. The van der Waals surface area contributed by atoms with E-state index in [2.05, 4.69) is 38.2 Å². The van der Waals surface area contributed by atoms with Crippen molar-refractivity contribution in [3.63, 3.8) is 0 Å². The number of anilines is 2. The number of nitrogens with zero attached hydrogens (tertiary/aromatic N) is 1. The highest BCUT2D eigenvalue weighted by atomic mass is 16.5. The minimum Gasteiger partial charge on any atom is -0.493 e. The van der Waals surface area contributed by atoms with Crippen molar-refractivity contribution in [2.45, 2.75) is 33.2 Å². The molecule has 2 aromatic carbocycles. The molecule has 2 aromatic rings. The maximum Gasteiger partial charge on any atom is 0.262 e. The summed E-state index contributed by atoms with van der Waals surface area (Å²) in [7, 11) is 4.62. The first kappa shape index (κ1) is 19.9. The Kier molecular flexibility index (Phi) is 5.68. The van der Waals surface area contributed by atoms with Crippen LogP contribution >= 0.6 is 0 Å². The second-order valence-electron chi connectivity index (χ2n) is 7.00. The molecule has 6 nitrogen and oxygen atoms in total. The standard InChI is InChI=1S/C22H28N2O4/c1-7-15-12-24(18-11-14(3)13(2)10-17(18)23-15)22(25)16-8-9-19(26-4)21(28-6)20(16)27-5/h8-11,15,23H,7,12H2,1-6H3. The summed E-state index contributed by atoms with van der Waals surface area (Å²) < 4.78 is 16.3. The van der Waals surface area contributed by atoms with Gasteiger partial charge in [0.2, 0.25) is 5.75 Å². The molecule has 3 rings (SSSR count). The SMILES string of the molecule is CCC1CN(C(=O)c2ccc(OC)c(OC)c2OC)c2cc(C)c(C)cc2N1. The highest BCUT2D eigenvalue weighted by molar-refractivity contribution is 6.10. The zero-order valence-electron chi connectivity index (χ0n) is 17.4. The molecule has 1 amide bonds. The maximum absolute atomic E-state index is 13.6. The predicted molar refractivity (Wildman–Crippen MR) is 111 cm³/mol. The number of carbonyl (C=O) groups is 1. The van der Waals surface area contributed by atoms with Crippen LogP contribution in [-0.4, -0.2) is 39.8 Å². The molecule has 1 heterocycles. The lowest BCUT2D eigenvalue weighted by atomic mass is 10.0. The lowest BCUT2D eigenvalue weighted by Crippen LogP contribution is -2.44. The van der Waals surface area contributed by atoms with Crippen LogP contribution in [0.1, 0.15) is 34.8 Å². The minimum atomic E-state index is -0.123. The number of fused-ring (bicyclic) bond motifs is 1. The van der Waals surface area contributed by atoms with Crippen LogP contribution in [0, 0.1) is 13.8 Å². The largest absolute Gasteiger partial charge is 0.493 e. The molecule has 0 aliphatic carbocycles. The Labute approximate surface area is 166 Å². The molecule has 0 fully saturated rings. The van der Waals surface area contributed by atoms with Crippen molar-refractivity contribution in [3.05, 3.63) is 41.0 Å². The highest BCUT2D eigenvalue weighted by Crippen LogP contribution is 2.42. The van der Waals surface area contributed by atoms with Gasteiger partial charge in [-0.25, -0.2) is 0 Å². The van der Waals surface area contributed by atoms with E-state index in [0.717, 1.165) is 23.4 Å². The average molecular weight is 384 g/mol. The Morgan fingerprint density at radius 1 is 1.07 bits per heavy atom. The third kappa shape index (κ3) is 3.35. The normalized spacial score (nSPS) is 15.5. The number of benzene rings is 2. The summed E-state index contributed by atoms with van der Waals surface area (Å²) in [5.74, 6) is 1.19. The summed E-state index contributed by atoms with van der Waals surface area (Å²) in [6.45, 7) is 6.84. The second kappa shape index (κ2) is 8.00. The minimum absolute atomic E-state index is 0.123. The van der Waals surface area contributed by atoms with Gasteiger partial charge in [-0.1, -0.05) is 6.92 Å². The summed E-state index contributed by atoms with van der Waals surface area (Å²) in [6.07, 6.45) is 0.916. The van der Waals surface area contributed by atoms with E-state index >= 15 is 0 Å². The third-order valence-corrected chi connectivity index (χ3v) is 5.34. The topological polar surface area (TPSA) is 60.0 Å². The molecule has 1 aliphatic heterocycles. The summed E-state index contributed by atoms with van der Waals surface area (Å²) in [4.78, 5) is 15.4. The maximum atomic E-state index is 13.6. The number of hydrogen-bond acceptors (Lipinski definition) is 5. The van der Waals surface area contributed by atoms with E-state index in [0.29, 0.717) is 29.4 Å². The fourth-order valence-corrected chi connectivity index (χ4v) is 3.56. The molecular weight excluding hydrogens is 356 g/mol. The van der Waals surface area contributed by atoms with Crippen LogP contribution in [0.25, 0.3) is 0 Å². The van der Waals surface area contributed by atoms with Crippen LogP contribution in [0.15, 0.2) is 24.3 Å². The van der Waals surface area contributed by atoms with Crippen molar-refractivity contribution in [3.8, 4) is 17.2 Å². The molecule has 0 bridgehead atoms. The Bertz CT molecular complexity index is 895. The van der Waals surface area contributed by atoms with Crippen LogP contribution in [0.4, 0.5) is 11.4 Å². The number of methoxy groups -OCH3 is 3. The molecule has 0 aromatic heterocycles. The fourth-order valence-electron chi connectivity index (χ4n) is 3.56. The average Bonchev–Trinajstić information content (AvgIpc) is 2.71. The highest BCUT2D eigenvalue weighted by Gasteiger charge is 2.31. The molecular formula is C22H28N2O4. The van der Waals surface area contributed by atoms with Crippen molar-refractivity contribution >= 4 is 17.3 Å². The van der Waals surface area contributed by atoms with E-state index in [9.17, 15) is 4.79 Å². The Balaban J connectivity index is 2.11. The van der Waals surface area contributed by atoms with E-state index in [1.165, 1.54) is 19.8 Å². The van der Waals surface area contributed by atoms with Crippen LogP contribution in [0.3, 0.4) is 0 Å². The van der Waals surface area contributed by atoms with E-state index in [1.807, 2.05) is 4.90 Å². The van der Waals surface area contributed by atoms with Gasteiger partial charge < -0.3 is 24.4 Å². The van der Waals surface area contributed by atoms with Gasteiger partial charge in [0.25, 0.3) is 5.91 Å². The van der Waals surface area contributed by atoms with Crippen LogP contribution < -0.4 is 24.4 Å². The first-order valence-electron chi connectivity index (χ1n) is 9.43. The number of amides is 1. The number of aryl methyl sites for hydroxylation is 2. The van der Waals surface area contributed by atoms with Gasteiger partial charge in [-0.3, -0.25) is 4.79 Å². The lowest BCUT2D eigenvalue weighted by Gasteiger charge is -2.36. The van der Waals surface area contributed by atoms with Crippen molar-refractivity contribution in [2.24, 2.45) is 0 Å². The second-order valence-corrected chi connectivity index (χ2v) is 7.00. The summed E-state index contributed by atoms with van der Waals surface area (Å²) >= 11 is 0. The summed E-state index contributed by atoms with van der Waals surface area (Å²) in [5, 5.41) is 3.55. The number of nitrogens with one attached hydrogen (secondary N) is 1. The van der Waals surface area contributed by atoms with Gasteiger partial charge in [-0.2, -0.15) is 0 Å². The molecule has 28 heavy (non-hydrogen) atoms. The molecule has 1 atom stereocenters. The summed E-state index contributed by atoms with van der Waals surface area (Å²) in [6, 6.07) is 7.82. The lowest BCUT2D eigenvalue weighted by molar-refractivity contribution is 0.0981. The van der Waals surface area contributed by atoms with Crippen molar-refractivity contribution < 1.29 is 19.0 Å². The van der Waals surface area contributed by atoms with Gasteiger partial charge in [-0.05, 0) is 55.7 Å². The van der Waals surface area contributed by atoms with Gasteiger partial charge in [-0.15, -0.1) is 0 Å². The molecule has 150 valence electrons. The van der Waals surface area contributed by atoms with Crippen molar-refractivity contribution in [2.75, 3.05) is 38.1 Å². The van der Waals surface area contributed by atoms with Gasteiger partial charge in [0.05, 0.1) is 38.3 Å². The molecule has 0 saturated carbocycles. The van der Waals surface area contributed by atoms with Crippen molar-refractivity contribution in [1.29, 1.82) is 0 Å². The zero-order valence-corrected chi connectivity index (χ0v) is 17.4. The number of ether oxygens (including phenoxy) is 3. The molecule has 0 radical (unpaired) electrons. The zero-order chi connectivity index (χ0) is 20.4. The molecule has 1 aliphatic rings. The summed E-state index contributed by atoms with van der Waals surface area (Å²) in [5.41, 5.74) is 4.65. The number of rotatable bonds is 5. The Hall–Kier alpha value is -2.89. The van der Waals surface area contributed by atoms with Gasteiger partial charge in [0.1, 0.15) is 0 Å². The van der Waals surface area contributed by atoms with E-state index in [4.69, 9.17) is 14.2 Å². The van der Waals surface area contributed by atoms with Crippen molar-refractivity contribution in [1.82, 2.24) is 0 Å². The van der Waals surface area contributed by atoms with Gasteiger partial charge in [0, 0.05) is 12.6 Å². The number of carbonyl (C=O) groups excluding carboxylic acids is 1. The van der Waals surface area contributed by atoms with Crippen LogP contribution in [0.2, 0.25) is 0 Å². The van der Waals surface area contributed by atoms with E-state index in [-0.39, 0.29) is 11.9 Å². The first-order chi connectivity index (χ1) is 13.4. The van der Waals surface area contributed by atoms with Gasteiger partial charge in [0.15, 0.2) is 11.5 Å². The molecule has 0 spiro atoms. The monoisotopic (exact) mass is 384 g/mol. The van der Waals surface area contributed by atoms with Crippen LogP contribution in [-0.2, 0) is 0 Å². The van der Waals surface area contributed by atoms with E-state index in [1.54, 1.807) is 19.2 Å². The molecule has 0 saturated heterocycles. The smallest absolute Gasteiger partial charge is 0.262 e. The fraction of sp³-hybridized carbons (Fsp3) is 0.409. The van der Waals surface area contributed by atoms with E-state index < -0.39 is 0 Å². The quantitative estimate of drug-likeness (QED) is 0.838. The predicted octanol–water partition coefficient (Wildman–Crippen LogP) is 4.18. The van der Waals surface area contributed by atoms with Gasteiger partial charge >= 0.3 is 0 Å². The third-order valence-electron chi connectivity index (χ3n) is 5.34. The van der Waals surface area contributed by atoms with Crippen LogP contribution in [0.5, 0.6) is 17.2 Å². The molecule has 1 unspecified atom stereocenters. The Morgan fingerprint density at radius 3 is 2.36 bits per heavy atom. The Morgan fingerprint density at radius 2 is 1.75 bits per heavy atom. The first-order valence-corrected chi connectivity index (χ1v) is 9.43.